The monoisotopic (exact) mass is 271 g/mol. The highest BCUT2D eigenvalue weighted by Crippen LogP contribution is 2.39. The number of fused-ring (bicyclic) bond motifs is 2. The topological polar surface area (TPSA) is 71.2 Å². The van der Waals surface area contributed by atoms with E-state index >= 15 is 0 Å². The van der Waals surface area contributed by atoms with Crippen LogP contribution >= 0.6 is 0 Å². The van der Waals surface area contributed by atoms with Crippen LogP contribution in [0.4, 0.5) is 0 Å². The molecule has 2 aliphatic heterocycles. The molecule has 2 aliphatic rings. The fourth-order valence-electron chi connectivity index (χ4n) is 3.38. The summed E-state index contributed by atoms with van der Waals surface area (Å²) in [6.07, 6.45) is 4.24. The van der Waals surface area contributed by atoms with Gasteiger partial charge in [-0.05, 0) is 37.0 Å². The Hall–Kier alpha value is -1.88. The van der Waals surface area contributed by atoms with Gasteiger partial charge in [0, 0.05) is 18.5 Å². The molecular formula is C15H17N3O2. The first-order valence-electron chi connectivity index (χ1n) is 7.14. The summed E-state index contributed by atoms with van der Waals surface area (Å²) in [5.74, 6) is 2.15. The van der Waals surface area contributed by atoms with Gasteiger partial charge in [-0.25, -0.2) is 0 Å². The molecule has 0 amide bonds. The molecule has 0 saturated carbocycles. The Labute approximate surface area is 117 Å². The summed E-state index contributed by atoms with van der Waals surface area (Å²) in [7, 11) is 0. The first kappa shape index (κ1) is 11.9. The standard InChI is InChI=1S/C15H17N3O2/c19-11-4-1-9(2-5-11)7-14-17-15(20-18-14)12-8-10-3-6-13(12)16-10/h1-2,4-5,10,12-13,16,19H,3,6-8H2. The largest absolute Gasteiger partial charge is 0.508 e. The average molecular weight is 271 g/mol. The molecule has 5 nitrogen and oxygen atoms in total. The molecule has 104 valence electrons. The summed E-state index contributed by atoms with van der Waals surface area (Å²) in [6.45, 7) is 0. The minimum Gasteiger partial charge on any atom is -0.508 e. The molecule has 2 bridgehead atoms. The van der Waals surface area contributed by atoms with Gasteiger partial charge in [-0.3, -0.25) is 0 Å². The molecule has 0 radical (unpaired) electrons. The molecule has 2 fully saturated rings. The Balaban J connectivity index is 1.49. The van der Waals surface area contributed by atoms with Gasteiger partial charge in [-0.2, -0.15) is 4.98 Å². The zero-order valence-electron chi connectivity index (χ0n) is 11.1. The third-order valence-electron chi connectivity index (χ3n) is 4.40. The van der Waals surface area contributed by atoms with Crippen molar-refractivity contribution in [3.63, 3.8) is 0 Å². The van der Waals surface area contributed by atoms with E-state index in [4.69, 9.17) is 4.52 Å². The highest BCUT2D eigenvalue weighted by atomic mass is 16.5. The summed E-state index contributed by atoms with van der Waals surface area (Å²) in [5.41, 5.74) is 1.07. The summed E-state index contributed by atoms with van der Waals surface area (Å²) in [4.78, 5) is 4.55. The number of aromatic hydroxyl groups is 1. The number of hydrogen-bond acceptors (Lipinski definition) is 5. The lowest BCUT2D eigenvalue weighted by atomic mass is 9.89. The number of aromatic nitrogens is 2. The van der Waals surface area contributed by atoms with Crippen LogP contribution in [0.3, 0.4) is 0 Å². The lowest BCUT2D eigenvalue weighted by Crippen LogP contribution is -2.21. The normalized spacial score (nSPS) is 28.1. The quantitative estimate of drug-likeness (QED) is 0.893. The van der Waals surface area contributed by atoms with E-state index in [-0.39, 0.29) is 5.75 Å². The van der Waals surface area contributed by atoms with Gasteiger partial charge in [0.05, 0.1) is 5.92 Å². The number of nitrogens with one attached hydrogen (secondary N) is 1. The van der Waals surface area contributed by atoms with E-state index in [2.05, 4.69) is 15.5 Å². The number of rotatable bonds is 3. The molecule has 3 atom stereocenters. The van der Waals surface area contributed by atoms with E-state index in [1.165, 1.54) is 12.8 Å². The Bertz CT molecular complexity index is 608. The van der Waals surface area contributed by atoms with Crippen molar-refractivity contribution < 1.29 is 9.63 Å². The van der Waals surface area contributed by atoms with Crippen molar-refractivity contribution in [2.75, 3.05) is 0 Å². The van der Waals surface area contributed by atoms with E-state index in [0.29, 0.717) is 30.2 Å². The Morgan fingerprint density at radius 2 is 2.10 bits per heavy atom. The number of phenols is 1. The summed E-state index contributed by atoms with van der Waals surface area (Å²) in [5, 5.41) is 16.9. The van der Waals surface area contributed by atoms with E-state index in [9.17, 15) is 5.11 Å². The van der Waals surface area contributed by atoms with Gasteiger partial charge in [-0.15, -0.1) is 0 Å². The minimum atomic E-state index is 0.274. The molecule has 4 rings (SSSR count). The van der Waals surface area contributed by atoms with Crippen molar-refractivity contribution in [2.24, 2.45) is 0 Å². The van der Waals surface area contributed by atoms with Crippen LogP contribution in [0.15, 0.2) is 28.8 Å². The highest BCUT2D eigenvalue weighted by Gasteiger charge is 2.42. The molecule has 1 aromatic carbocycles. The summed E-state index contributed by atoms with van der Waals surface area (Å²) >= 11 is 0. The Kier molecular flexibility index (Phi) is 2.73. The second-order valence-electron chi connectivity index (χ2n) is 5.78. The molecule has 20 heavy (non-hydrogen) atoms. The average Bonchev–Trinajstić information content (AvgIpc) is 3.17. The lowest BCUT2D eigenvalue weighted by Gasteiger charge is -2.15. The Morgan fingerprint density at radius 3 is 2.80 bits per heavy atom. The van der Waals surface area contributed by atoms with Crippen molar-refractivity contribution in [1.29, 1.82) is 0 Å². The molecule has 2 aromatic rings. The zero-order valence-corrected chi connectivity index (χ0v) is 11.1. The first-order chi connectivity index (χ1) is 9.78. The molecule has 0 spiro atoms. The predicted molar refractivity (Wildman–Crippen MR) is 72.5 cm³/mol. The molecule has 1 aromatic heterocycles. The lowest BCUT2D eigenvalue weighted by molar-refractivity contribution is 0.327. The van der Waals surface area contributed by atoms with Crippen molar-refractivity contribution >= 4 is 0 Å². The third-order valence-corrected chi connectivity index (χ3v) is 4.40. The minimum absolute atomic E-state index is 0.274. The van der Waals surface area contributed by atoms with Crippen LogP contribution in [-0.4, -0.2) is 27.3 Å². The molecule has 2 N–H and O–H groups in total. The van der Waals surface area contributed by atoms with Gasteiger partial charge in [0.1, 0.15) is 5.75 Å². The van der Waals surface area contributed by atoms with Crippen LogP contribution in [0.25, 0.3) is 0 Å². The van der Waals surface area contributed by atoms with Crippen LogP contribution in [-0.2, 0) is 6.42 Å². The number of benzene rings is 1. The smallest absolute Gasteiger partial charge is 0.231 e. The van der Waals surface area contributed by atoms with Crippen molar-refractivity contribution in [2.45, 2.75) is 43.7 Å². The Morgan fingerprint density at radius 1 is 1.25 bits per heavy atom. The van der Waals surface area contributed by atoms with Crippen LogP contribution in [0.5, 0.6) is 5.75 Å². The molecular weight excluding hydrogens is 254 g/mol. The third kappa shape index (κ3) is 2.08. The van der Waals surface area contributed by atoms with Crippen LogP contribution in [0.1, 0.15) is 42.5 Å². The van der Waals surface area contributed by atoms with Crippen molar-refractivity contribution in [3.8, 4) is 5.75 Å². The van der Waals surface area contributed by atoms with E-state index < -0.39 is 0 Å². The molecule has 3 unspecified atom stereocenters. The number of hydrogen-bond donors (Lipinski definition) is 2. The fourth-order valence-corrected chi connectivity index (χ4v) is 3.38. The zero-order chi connectivity index (χ0) is 13.5. The highest BCUT2D eigenvalue weighted by molar-refractivity contribution is 5.27. The SMILES string of the molecule is Oc1ccc(Cc2noc(C3CC4CCC3N4)n2)cc1. The molecule has 5 heteroatoms. The summed E-state index contributed by atoms with van der Waals surface area (Å²) < 4.78 is 5.45. The van der Waals surface area contributed by atoms with Crippen LogP contribution in [0, 0.1) is 0 Å². The molecule has 2 saturated heterocycles. The van der Waals surface area contributed by atoms with E-state index in [1.54, 1.807) is 12.1 Å². The maximum Gasteiger partial charge on any atom is 0.231 e. The van der Waals surface area contributed by atoms with Crippen molar-refractivity contribution in [3.05, 3.63) is 41.5 Å². The van der Waals surface area contributed by atoms with Gasteiger partial charge in [-0.1, -0.05) is 17.3 Å². The van der Waals surface area contributed by atoms with E-state index in [0.717, 1.165) is 17.9 Å². The number of phenolic OH excluding ortho intramolecular Hbond substituents is 1. The second-order valence-corrected chi connectivity index (χ2v) is 5.78. The maximum atomic E-state index is 9.27. The fraction of sp³-hybridized carbons (Fsp3) is 0.467. The number of nitrogens with zero attached hydrogens (tertiary/aromatic N) is 2. The molecule has 0 aliphatic carbocycles. The van der Waals surface area contributed by atoms with Gasteiger partial charge in [0.25, 0.3) is 0 Å². The van der Waals surface area contributed by atoms with Crippen LogP contribution in [0.2, 0.25) is 0 Å². The van der Waals surface area contributed by atoms with E-state index in [1.807, 2.05) is 12.1 Å². The first-order valence-corrected chi connectivity index (χ1v) is 7.14. The van der Waals surface area contributed by atoms with Gasteiger partial charge >= 0.3 is 0 Å². The predicted octanol–water partition coefficient (Wildman–Crippen LogP) is 1.97. The van der Waals surface area contributed by atoms with Gasteiger partial charge in [0.2, 0.25) is 5.89 Å². The maximum absolute atomic E-state index is 9.27. The molecule has 3 heterocycles. The summed E-state index contributed by atoms with van der Waals surface area (Å²) in [6, 6.07) is 8.26. The van der Waals surface area contributed by atoms with Gasteiger partial charge < -0.3 is 14.9 Å². The van der Waals surface area contributed by atoms with Crippen LogP contribution < -0.4 is 5.32 Å². The second kappa shape index (κ2) is 4.59. The van der Waals surface area contributed by atoms with Crippen molar-refractivity contribution in [1.82, 2.24) is 15.5 Å². The van der Waals surface area contributed by atoms with Gasteiger partial charge in [0.15, 0.2) is 5.82 Å².